The number of hydrogen-bond acceptors (Lipinski definition) is 3. The molecule has 13 heavy (non-hydrogen) atoms. The third-order valence-corrected chi connectivity index (χ3v) is 2.98. The maximum absolute atomic E-state index is 11.5. The molecule has 0 aromatic carbocycles. The first-order chi connectivity index (χ1) is 6.31. The third-order valence-electron chi connectivity index (χ3n) is 2.98. The second-order valence-electron chi connectivity index (χ2n) is 3.86. The molecule has 1 aliphatic carbocycles. The van der Waals surface area contributed by atoms with E-state index in [9.17, 15) is 4.79 Å². The van der Waals surface area contributed by atoms with Crippen LogP contribution in [-0.4, -0.2) is 18.0 Å². The summed E-state index contributed by atoms with van der Waals surface area (Å²) in [6, 6.07) is 2.10. The van der Waals surface area contributed by atoms with Gasteiger partial charge in [-0.2, -0.15) is 5.26 Å². The highest BCUT2D eigenvalue weighted by Gasteiger charge is 2.41. The molecule has 70 valence electrons. The van der Waals surface area contributed by atoms with Gasteiger partial charge in [-0.05, 0) is 19.3 Å². The fourth-order valence-corrected chi connectivity index (χ4v) is 2.34. The smallest absolute Gasteiger partial charge is 0.138 e. The van der Waals surface area contributed by atoms with Gasteiger partial charge in [-0.25, -0.2) is 0 Å². The topological polar surface area (TPSA) is 50.1 Å². The molecule has 3 heteroatoms. The Morgan fingerprint density at radius 3 is 3.15 bits per heavy atom. The molecule has 3 nitrogen and oxygen atoms in total. The van der Waals surface area contributed by atoms with Crippen molar-refractivity contribution in [1.82, 2.24) is 0 Å². The van der Waals surface area contributed by atoms with E-state index in [1.807, 2.05) is 0 Å². The van der Waals surface area contributed by atoms with Gasteiger partial charge in [-0.1, -0.05) is 0 Å². The van der Waals surface area contributed by atoms with Crippen molar-refractivity contribution < 1.29 is 9.53 Å². The van der Waals surface area contributed by atoms with Crippen molar-refractivity contribution in [3.63, 3.8) is 0 Å². The lowest BCUT2D eigenvalue weighted by Gasteiger charge is -2.21. The highest BCUT2D eigenvalue weighted by Crippen LogP contribution is 2.36. The molecule has 0 amide bonds. The highest BCUT2D eigenvalue weighted by molar-refractivity contribution is 5.82. The molecule has 0 radical (unpaired) electrons. The number of Topliss-reactive ketones (excluding diaryl/α,β-unsaturated/α-hetero) is 1. The maximum atomic E-state index is 11.5. The molecule has 1 saturated heterocycles. The van der Waals surface area contributed by atoms with Crippen LogP contribution in [0.5, 0.6) is 0 Å². The number of fused-ring (bicyclic) bond motifs is 1. The quantitative estimate of drug-likeness (QED) is 0.611. The number of ether oxygens (including phenoxy) is 1. The fourth-order valence-electron chi connectivity index (χ4n) is 2.34. The first-order valence-corrected chi connectivity index (χ1v) is 4.86. The van der Waals surface area contributed by atoms with Gasteiger partial charge in [0.05, 0.1) is 24.7 Å². The van der Waals surface area contributed by atoms with Crippen molar-refractivity contribution in [1.29, 1.82) is 5.26 Å². The lowest BCUT2D eigenvalue weighted by atomic mass is 9.84. The van der Waals surface area contributed by atoms with Crippen LogP contribution in [0.3, 0.4) is 0 Å². The zero-order valence-corrected chi connectivity index (χ0v) is 7.53. The normalized spacial score (nSPS) is 38.4. The SMILES string of the molecule is N#CC[C@H]1C[C@H]2C(=O)CCC[C@H]2O1. The minimum atomic E-state index is 0.0158. The minimum Gasteiger partial charge on any atom is -0.373 e. The number of nitrogens with zero attached hydrogens (tertiary/aromatic N) is 1. The molecular weight excluding hydrogens is 166 g/mol. The van der Waals surface area contributed by atoms with E-state index in [4.69, 9.17) is 10.00 Å². The van der Waals surface area contributed by atoms with E-state index in [1.165, 1.54) is 0 Å². The molecule has 1 aliphatic heterocycles. The summed E-state index contributed by atoms with van der Waals surface area (Å²) in [5, 5.41) is 8.51. The summed E-state index contributed by atoms with van der Waals surface area (Å²) < 4.78 is 5.63. The van der Waals surface area contributed by atoms with Crippen molar-refractivity contribution in [2.75, 3.05) is 0 Å². The number of hydrogen-bond donors (Lipinski definition) is 0. The Labute approximate surface area is 77.7 Å². The number of carbonyl (C=O) groups is 1. The van der Waals surface area contributed by atoms with Gasteiger partial charge in [0.15, 0.2) is 0 Å². The van der Waals surface area contributed by atoms with Crippen LogP contribution in [0.4, 0.5) is 0 Å². The number of carbonyl (C=O) groups excluding carboxylic acids is 1. The van der Waals surface area contributed by atoms with Crippen LogP contribution < -0.4 is 0 Å². The Bertz CT molecular complexity index is 256. The van der Waals surface area contributed by atoms with Crippen LogP contribution in [0, 0.1) is 17.2 Å². The molecule has 0 aromatic rings. The monoisotopic (exact) mass is 179 g/mol. The summed E-state index contributed by atoms with van der Waals surface area (Å²) in [4.78, 5) is 11.5. The predicted molar refractivity (Wildman–Crippen MR) is 45.9 cm³/mol. The molecule has 0 aromatic heterocycles. The molecule has 0 N–H and O–H groups in total. The zero-order chi connectivity index (χ0) is 9.26. The van der Waals surface area contributed by atoms with Gasteiger partial charge in [-0.3, -0.25) is 4.79 Å². The molecule has 3 atom stereocenters. The van der Waals surface area contributed by atoms with Crippen LogP contribution in [-0.2, 0) is 9.53 Å². The van der Waals surface area contributed by atoms with E-state index in [-0.39, 0.29) is 18.1 Å². The lowest BCUT2D eigenvalue weighted by molar-refractivity contribution is -0.127. The summed E-state index contributed by atoms with van der Waals surface area (Å²) in [6.45, 7) is 0. The molecule has 2 fully saturated rings. The number of ketones is 1. The van der Waals surface area contributed by atoms with E-state index in [1.54, 1.807) is 0 Å². The summed E-state index contributed by atoms with van der Waals surface area (Å²) in [7, 11) is 0. The summed E-state index contributed by atoms with van der Waals surface area (Å²) in [5.41, 5.74) is 0. The lowest BCUT2D eigenvalue weighted by Crippen LogP contribution is -2.28. The highest BCUT2D eigenvalue weighted by atomic mass is 16.5. The van der Waals surface area contributed by atoms with Crippen LogP contribution in [0.1, 0.15) is 32.1 Å². The van der Waals surface area contributed by atoms with Crippen molar-refractivity contribution in [3.05, 3.63) is 0 Å². The molecular formula is C10H13NO2. The minimum absolute atomic E-state index is 0.0158. The molecule has 0 unspecified atom stereocenters. The van der Waals surface area contributed by atoms with Gasteiger partial charge in [0.1, 0.15) is 5.78 Å². The van der Waals surface area contributed by atoms with Crippen LogP contribution >= 0.6 is 0 Å². The molecule has 1 saturated carbocycles. The van der Waals surface area contributed by atoms with Crippen LogP contribution in [0.15, 0.2) is 0 Å². The van der Waals surface area contributed by atoms with Gasteiger partial charge in [0, 0.05) is 12.3 Å². The molecule has 0 bridgehead atoms. The summed E-state index contributed by atoms with van der Waals surface area (Å²) >= 11 is 0. The maximum Gasteiger partial charge on any atom is 0.138 e. The second kappa shape index (κ2) is 3.47. The van der Waals surface area contributed by atoms with Crippen molar-refractivity contribution >= 4 is 5.78 Å². The van der Waals surface area contributed by atoms with Gasteiger partial charge in [0.2, 0.25) is 0 Å². The molecule has 1 heterocycles. The number of rotatable bonds is 1. The van der Waals surface area contributed by atoms with Crippen LogP contribution in [0.2, 0.25) is 0 Å². The largest absolute Gasteiger partial charge is 0.373 e. The van der Waals surface area contributed by atoms with E-state index < -0.39 is 0 Å². The average Bonchev–Trinajstić information content (AvgIpc) is 2.49. The number of nitriles is 1. The van der Waals surface area contributed by atoms with E-state index in [0.29, 0.717) is 18.6 Å². The Morgan fingerprint density at radius 2 is 2.46 bits per heavy atom. The fraction of sp³-hybridized carbons (Fsp3) is 0.800. The Morgan fingerprint density at radius 1 is 1.62 bits per heavy atom. The Hall–Kier alpha value is -0.880. The second-order valence-corrected chi connectivity index (χ2v) is 3.86. The Kier molecular flexibility index (Phi) is 2.32. The van der Waals surface area contributed by atoms with E-state index in [2.05, 4.69) is 6.07 Å². The van der Waals surface area contributed by atoms with Gasteiger partial charge >= 0.3 is 0 Å². The van der Waals surface area contributed by atoms with Gasteiger partial charge in [0.25, 0.3) is 0 Å². The van der Waals surface area contributed by atoms with Crippen LogP contribution in [0.25, 0.3) is 0 Å². The molecule has 0 spiro atoms. The van der Waals surface area contributed by atoms with Gasteiger partial charge < -0.3 is 4.74 Å². The summed E-state index contributed by atoms with van der Waals surface area (Å²) in [5.74, 6) is 0.448. The molecule has 2 aliphatic rings. The van der Waals surface area contributed by atoms with E-state index >= 15 is 0 Å². The summed E-state index contributed by atoms with van der Waals surface area (Å²) in [6.07, 6.45) is 4.01. The first-order valence-electron chi connectivity index (χ1n) is 4.86. The van der Waals surface area contributed by atoms with Crippen molar-refractivity contribution in [2.45, 2.75) is 44.3 Å². The van der Waals surface area contributed by atoms with Gasteiger partial charge in [-0.15, -0.1) is 0 Å². The molecule has 2 rings (SSSR count). The predicted octanol–water partition coefficient (Wildman–Crippen LogP) is 1.43. The Balaban J connectivity index is 2.00. The van der Waals surface area contributed by atoms with E-state index in [0.717, 1.165) is 19.3 Å². The first kappa shape index (κ1) is 8.71. The third kappa shape index (κ3) is 1.59. The average molecular weight is 179 g/mol. The zero-order valence-electron chi connectivity index (χ0n) is 7.53. The van der Waals surface area contributed by atoms with Crippen molar-refractivity contribution in [2.24, 2.45) is 5.92 Å². The standard InChI is InChI=1S/C10H13NO2/c11-5-4-7-6-8-9(12)2-1-3-10(8)13-7/h7-8,10H,1-4,6H2/t7-,8-,10+/m0/s1. The van der Waals surface area contributed by atoms with Crippen molar-refractivity contribution in [3.8, 4) is 6.07 Å².